The third-order valence-corrected chi connectivity index (χ3v) is 4.63. The average Bonchev–Trinajstić information content (AvgIpc) is 2.91. The molecule has 0 spiro atoms. The number of amides is 4. The molecule has 4 amide bonds. The van der Waals surface area contributed by atoms with Crippen LogP contribution in [0.15, 0.2) is 30.3 Å². The number of nitrogens with one attached hydrogen (secondary N) is 2. The molecule has 152 valence electrons. The number of urea groups is 1. The lowest BCUT2D eigenvalue weighted by molar-refractivity contribution is -0.151. The first-order chi connectivity index (χ1) is 13.4. The van der Waals surface area contributed by atoms with E-state index in [4.69, 9.17) is 4.74 Å². The first kappa shape index (κ1) is 21.4. The molecular formula is C20H27N3O5. The SMILES string of the molecule is CCCCCCNC(=O)COC(=O)CN1C(=O)N[C@@](C)(c2ccccc2)C1=O. The number of rotatable bonds is 10. The van der Waals surface area contributed by atoms with Gasteiger partial charge in [-0.05, 0) is 18.9 Å². The number of nitrogens with zero attached hydrogens (tertiary/aromatic N) is 1. The number of hydrogen-bond acceptors (Lipinski definition) is 5. The second-order valence-electron chi connectivity index (χ2n) is 6.88. The lowest BCUT2D eigenvalue weighted by Gasteiger charge is -2.21. The maximum atomic E-state index is 12.7. The molecule has 1 aliphatic rings. The summed E-state index contributed by atoms with van der Waals surface area (Å²) in [5.41, 5.74) is -0.624. The Labute approximate surface area is 164 Å². The topological polar surface area (TPSA) is 105 Å². The van der Waals surface area contributed by atoms with Gasteiger partial charge in [-0.2, -0.15) is 0 Å². The quantitative estimate of drug-likeness (QED) is 0.360. The van der Waals surface area contributed by atoms with Crippen LogP contribution in [-0.2, 0) is 24.7 Å². The van der Waals surface area contributed by atoms with Crippen molar-refractivity contribution in [1.29, 1.82) is 0 Å². The van der Waals surface area contributed by atoms with Crippen LogP contribution in [0.3, 0.4) is 0 Å². The van der Waals surface area contributed by atoms with E-state index in [9.17, 15) is 19.2 Å². The van der Waals surface area contributed by atoms with Crippen molar-refractivity contribution < 1.29 is 23.9 Å². The van der Waals surface area contributed by atoms with Crippen LogP contribution in [0, 0.1) is 0 Å². The second-order valence-corrected chi connectivity index (χ2v) is 6.88. The Morgan fingerprint density at radius 1 is 1.14 bits per heavy atom. The van der Waals surface area contributed by atoms with E-state index in [-0.39, 0.29) is 0 Å². The Morgan fingerprint density at radius 2 is 1.86 bits per heavy atom. The molecule has 1 aliphatic heterocycles. The molecule has 1 aromatic rings. The van der Waals surface area contributed by atoms with Gasteiger partial charge in [-0.15, -0.1) is 0 Å². The number of carbonyl (C=O) groups is 4. The number of hydrogen-bond donors (Lipinski definition) is 2. The minimum absolute atomic E-state index is 0.406. The summed E-state index contributed by atoms with van der Waals surface area (Å²) in [7, 11) is 0. The molecule has 28 heavy (non-hydrogen) atoms. The van der Waals surface area contributed by atoms with Gasteiger partial charge in [0.05, 0.1) is 0 Å². The van der Waals surface area contributed by atoms with Gasteiger partial charge in [0.15, 0.2) is 6.61 Å². The number of unbranched alkanes of at least 4 members (excludes halogenated alkanes) is 3. The van der Waals surface area contributed by atoms with E-state index in [0.29, 0.717) is 12.1 Å². The normalized spacial score (nSPS) is 18.7. The van der Waals surface area contributed by atoms with Gasteiger partial charge in [0.1, 0.15) is 12.1 Å². The summed E-state index contributed by atoms with van der Waals surface area (Å²) in [6.07, 6.45) is 4.12. The van der Waals surface area contributed by atoms with Crippen LogP contribution in [0.1, 0.15) is 45.1 Å². The van der Waals surface area contributed by atoms with E-state index >= 15 is 0 Å². The highest BCUT2D eigenvalue weighted by Crippen LogP contribution is 2.28. The third-order valence-electron chi connectivity index (χ3n) is 4.63. The lowest BCUT2D eigenvalue weighted by Crippen LogP contribution is -2.42. The van der Waals surface area contributed by atoms with Crippen molar-refractivity contribution in [3.63, 3.8) is 0 Å². The van der Waals surface area contributed by atoms with Crippen molar-refractivity contribution in [3.05, 3.63) is 35.9 Å². The summed E-state index contributed by atoms with van der Waals surface area (Å²) in [4.78, 5) is 49.3. The Balaban J connectivity index is 1.81. The molecule has 1 aromatic carbocycles. The Kier molecular flexibility index (Phi) is 7.54. The minimum atomic E-state index is -1.24. The van der Waals surface area contributed by atoms with Crippen molar-refractivity contribution in [2.45, 2.75) is 45.1 Å². The number of imide groups is 1. The standard InChI is InChI=1S/C20H27N3O5/c1-3-4-5-9-12-21-16(24)14-28-17(25)13-23-18(26)20(2,22-19(23)27)15-10-7-6-8-11-15/h6-8,10-11H,3-5,9,12-14H2,1-2H3,(H,21,24)(H,22,27)/t20-/m0/s1. The summed E-state index contributed by atoms with van der Waals surface area (Å²) < 4.78 is 4.89. The van der Waals surface area contributed by atoms with Crippen LogP contribution in [0.4, 0.5) is 4.79 Å². The van der Waals surface area contributed by atoms with E-state index < -0.39 is 42.5 Å². The molecule has 1 atom stereocenters. The molecule has 8 nitrogen and oxygen atoms in total. The maximum Gasteiger partial charge on any atom is 0.326 e. The van der Waals surface area contributed by atoms with Gasteiger partial charge in [-0.1, -0.05) is 56.5 Å². The van der Waals surface area contributed by atoms with E-state index in [1.165, 1.54) is 0 Å². The van der Waals surface area contributed by atoms with Crippen LogP contribution in [0.25, 0.3) is 0 Å². The smallest absolute Gasteiger partial charge is 0.326 e. The van der Waals surface area contributed by atoms with Crippen molar-refractivity contribution in [2.75, 3.05) is 19.7 Å². The first-order valence-electron chi connectivity index (χ1n) is 9.50. The molecule has 8 heteroatoms. The summed E-state index contributed by atoms with van der Waals surface area (Å²) in [6, 6.07) is 8.11. The molecule has 2 rings (SSSR count). The van der Waals surface area contributed by atoms with Gasteiger partial charge in [0.25, 0.3) is 11.8 Å². The highest BCUT2D eigenvalue weighted by molar-refractivity contribution is 6.08. The zero-order valence-corrected chi connectivity index (χ0v) is 16.3. The van der Waals surface area contributed by atoms with Gasteiger partial charge in [0.2, 0.25) is 0 Å². The zero-order valence-electron chi connectivity index (χ0n) is 16.3. The van der Waals surface area contributed by atoms with Gasteiger partial charge < -0.3 is 15.4 Å². The van der Waals surface area contributed by atoms with Crippen molar-refractivity contribution in [2.24, 2.45) is 0 Å². The molecule has 0 unspecified atom stereocenters. The van der Waals surface area contributed by atoms with Crippen molar-refractivity contribution in [3.8, 4) is 0 Å². The number of esters is 1. The lowest BCUT2D eigenvalue weighted by atomic mass is 9.92. The number of carbonyl (C=O) groups excluding carboxylic acids is 4. The number of benzene rings is 1. The molecule has 2 N–H and O–H groups in total. The van der Waals surface area contributed by atoms with E-state index in [2.05, 4.69) is 17.6 Å². The molecule has 0 saturated carbocycles. The second kappa shape index (κ2) is 9.87. The summed E-state index contributed by atoms with van der Waals surface area (Å²) >= 11 is 0. The maximum absolute atomic E-state index is 12.7. The summed E-state index contributed by atoms with van der Waals surface area (Å²) in [5, 5.41) is 5.28. The summed E-state index contributed by atoms with van der Waals surface area (Å²) in [5.74, 6) is -1.76. The van der Waals surface area contributed by atoms with Crippen molar-refractivity contribution in [1.82, 2.24) is 15.5 Å². The third kappa shape index (κ3) is 5.31. The monoisotopic (exact) mass is 389 g/mol. The zero-order chi connectivity index (χ0) is 20.6. The minimum Gasteiger partial charge on any atom is -0.454 e. The van der Waals surface area contributed by atoms with Crippen LogP contribution < -0.4 is 10.6 Å². The fraction of sp³-hybridized carbons (Fsp3) is 0.500. The fourth-order valence-electron chi connectivity index (χ4n) is 2.96. The van der Waals surface area contributed by atoms with Gasteiger partial charge >= 0.3 is 12.0 Å². The first-order valence-corrected chi connectivity index (χ1v) is 9.50. The molecular weight excluding hydrogens is 362 g/mol. The highest BCUT2D eigenvalue weighted by Gasteiger charge is 2.49. The predicted molar refractivity (Wildman–Crippen MR) is 102 cm³/mol. The fourth-order valence-corrected chi connectivity index (χ4v) is 2.96. The van der Waals surface area contributed by atoms with Crippen LogP contribution in [0.5, 0.6) is 0 Å². The van der Waals surface area contributed by atoms with Crippen LogP contribution in [0.2, 0.25) is 0 Å². The molecule has 1 heterocycles. The molecule has 0 bridgehead atoms. The average molecular weight is 389 g/mol. The van der Waals surface area contributed by atoms with Crippen LogP contribution >= 0.6 is 0 Å². The van der Waals surface area contributed by atoms with E-state index in [1.807, 2.05) is 0 Å². The Bertz CT molecular complexity index is 722. The highest BCUT2D eigenvalue weighted by atomic mass is 16.5. The molecule has 1 fully saturated rings. The largest absolute Gasteiger partial charge is 0.454 e. The Hall–Kier alpha value is -2.90. The van der Waals surface area contributed by atoms with E-state index in [0.717, 1.165) is 30.6 Å². The van der Waals surface area contributed by atoms with Gasteiger partial charge in [-0.25, -0.2) is 4.79 Å². The van der Waals surface area contributed by atoms with Gasteiger partial charge in [-0.3, -0.25) is 19.3 Å². The van der Waals surface area contributed by atoms with Crippen molar-refractivity contribution >= 4 is 23.8 Å². The van der Waals surface area contributed by atoms with Crippen LogP contribution in [-0.4, -0.2) is 48.4 Å². The predicted octanol–water partition coefficient (Wildman–Crippen LogP) is 1.69. The Morgan fingerprint density at radius 3 is 2.54 bits per heavy atom. The molecule has 0 aromatic heterocycles. The van der Waals surface area contributed by atoms with Gasteiger partial charge in [0, 0.05) is 6.54 Å². The summed E-state index contributed by atoms with van der Waals surface area (Å²) in [6.45, 7) is 3.23. The number of ether oxygens (including phenoxy) is 1. The van der Waals surface area contributed by atoms with E-state index in [1.54, 1.807) is 37.3 Å². The molecule has 0 aliphatic carbocycles. The molecule has 1 saturated heterocycles. The molecule has 0 radical (unpaired) electrons.